The Bertz CT molecular complexity index is 1180. The van der Waals surface area contributed by atoms with Gasteiger partial charge in [0, 0.05) is 28.0 Å². The Morgan fingerprint density at radius 3 is 2.41 bits per heavy atom. The van der Waals surface area contributed by atoms with Crippen molar-refractivity contribution in [1.29, 1.82) is 0 Å². The van der Waals surface area contributed by atoms with E-state index in [1.54, 1.807) is 31.3 Å². The first-order valence-electron chi connectivity index (χ1n) is 9.95. The molecule has 164 valence electrons. The van der Waals surface area contributed by atoms with Gasteiger partial charge >= 0.3 is 6.09 Å². The van der Waals surface area contributed by atoms with Crippen LogP contribution in [0.2, 0.25) is 5.02 Å². The number of hydrogen-bond donors (Lipinski definition) is 3. The van der Waals surface area contributed by atoms with E-state index >= 15 is 0 Å². The number of carboxylic acid groups (broad SMARTS) is 1. The minimum absolute atomic E-state index is 0.172. The maximum atomic E-state index is 12.7. The van der Waals surface area contributed by atoms with Crippen molar-refractivity contribution < 1.29 is 19.5 Å². The van der Waals surface area contributed by atoms with Crippen molar-refractivity contribution in [3.8, 4) is 11.1 Å². The lowest BCUT2D eigenvalue weighted by Gasteiger charge is -2.13. The van der Waals surface area contributed by atoms with Crippen LogP contribution in [0.25, 0.3) is 11.1 Å². The van der Waals surface area contributed by atoms with Crippen molar-refractivity contribution in [1.82, 2.24) is 4.98 Å². The summed E-state index contributed by atoms with van der Waals surface area (Å²) in [5, 5.41) is 14.2. The van der Waals surface area contributed by atoms with Gasteiger partial charge in [0.25, 0.3) is 0 Å². The number of halogens is 1. The summed E-state index contributed by atoms with van der Waals surface area (Å²) in [7, 11) is 0. The molecule has 0 saturated heterocycles. The molecule has 0 unspecified atom stereocenters. The number of pyridine rings is 1. The molecule has 0 aliphatic carbocycles. The quantitative estimate of drug-likeness (QED) is 0.321. The molecule has 32 heavy (non-hydrogen) atoms. The van der Waals surface area contributed by atoms with Crippen molar-refractivity contribution in [2.24, 2.45) is 0 Å². The van der Waals surface area contributed by atoms with Crippen LogP contribution in [0, 0.1) is 6.92 Å². The minimum atomic E-state index is -1.28. The highest BCUT2D eigenvalue weighted by Gasteiger charge is 2.16. The van der Waals surface area contributed by atoms with E-state index < -0.39 is 18.4 Å². The predicted octanol–water partition coefficient (Wildman–Crippen LogP) is 5.57. The zero-order valence-electron chi connectivity index (χ0n) is 17.6. The van der Waals surface area contributed by atoms with Crippen molar-refractivity contribution in [2.45, 2.75) is 26.7 Å². The SMILES string of the molecule is CCc1ccc(-c2cccc(C(=O)CC(=O)Nc3cc(Cl)c(C)cc3NC(=O)O)c2)cn1. The van der Waals surface area contributed by atoms with E-state index in [2.05, 4.69) is 15.6 Å². The van der Waals surface area contributed by atoms with E-state index in [1.165, 1.54) is 12.1 Å². The number of hydrogen-bond acceptors (Lipinski definition) is 4. The number of nitrogens with zero attached hydrogens (tertiary/aromatic N) is 1. The van der Waals surface area contributed by atoms with Gasteiger partial charge in [-0.05, 0) is 48.7 Å². The Hall–Kier alpha value is -3.71. The molecule has 0 radical (unpaired) electrons. The lowest BCUT2D eigenvalue weighted by Crippen LogP contribution is -2.18. The third-order valence-corrected chi connectivity index (χ3v) is 5.25. The smallest absolute Gasteiger partial charge is 0.409 e. The third-order valence-electron chi connectivity index (χ3n) is 4.84. The zero-order chi connectivity index (χ0) is 23.3. The van der Waals surface area contributed by atoms with Crippen LogP contribution in [-0.4, -0.2) is 27.9 Å². The highest BCUT2D eigenvalue weighted by atomic mass is 35.5. The van der Waals surface area contributed by atoms with Crippen LogP contribution in [0.1, 0.15) is 35.0 Å². The van der Waals surface area contributed by atoms with Crippen molar-refractivity contribution in [3.63, 3.8) is 0 Å². The van der Waals surface area contributed by atoms with E-state index in [0.29, 0.717) is 16.1 Å². The molecule has 1 heterocycles. The number of benzene rings is 2. The molecule has 0 spiro atoms. The Kier molecular flexibility index (Phi) is 7.22. The van der Waals surface area contributed by atoms with E-state index in [1.807, 2.05) is 25.1 Å². The fraction of sp³-hybridized carbons (Fsp3) is 0.167. The van der Waals surface area contributed by atoms with E-state index in [-0.39, 0.29) is 17.2 Å². The molecule has 0 aliphatic rings. The summed E-state index contributed by atoms with van der Waals surface area (Å²) < 4.78 is 0. The van der Waals surface area contributed by atoms with Gasteiger partial charge in [-0.1, -0.05) is 42.8 Å². The molecule has 3 N–H and O–H groups in total. The topological polar surface area (TPSA) is 108 Å². The lowest BCUT2D eigenvalue weighted by molar-refractivity contribution is -0.115. The number of Topliss-reactive ketones (excluding diaryl/α,β-unsaturated/α-hetero) is 1. The Morgan fingerprint density at radius 1 is 1.00 bits per heavy atom. The number of amides is 2. The number of nitrogens with one attached hydrogen (secondary N) is 2. The van der Waals surface area contributed by atoms with E-state index in [0.717, 1.165) is 23.2 Å². The fourth-order valence-corrected chi connectivity index (χ4v) is 3.29. The summed E-state index contributed by atoms with van der Waals surface area (Å²) in [6.07, 6.45) is 0.905. The van der Waals surface area contributed by atoms with Crippen LogP contribution in [0.15, 0.2) is 54.7 Å². The average molecular weight is 452 g/mol. The summed E-state index contributed by atoms with van der Waals surface area (Å²) >= 11 is 6.10. The van der Waals surface area contributed by atoms with Crippen LogP contribution in [0.4, 0.5) is 16.2 Å². The predicted molar refractivity (Wildman–Crippen MR) is 124 cm³/mol. The third kappa shape index (κ3) is 5.70. The molecule has 8 heteroatoms. The zero-order valence-corrected chi connectivity index (χ0v) is 18.4. The lowest BCUT2D eigenvalue weighted by atomic mass is 10.0. The molecule has 3 aromatic rings. The molecular weight excluding hydrogens is 430 g/mol. The summed E-state index contributed by atoms with van der Waals surface area (Å²) in [5.74, 6) is -0.948. The molecule has 0 bridgehead atoms. The van der Waals surface area contributed by atoms with Gasteiger partial charge in [-0.2, -0.15) is 0 Å². The first-order chi connectivity index (χ1) is 15.3. The van der Waals surface area contributed by atoms with Crippen LogP contribution in [0.5, 0.6) is 0 Å². The number of anilines is 2. The maximum absolute atomic E-state index is 12.7. The fourth-order valence-electron chi connectivity index (χ4n) is 3.12. The van der Waals surface area contributed by atoms with E-state index in [4.69, 9.17) is 16.7 Å². The average Bonchev–Trinajstić information content (AvgIpc) is 2.77. The van der Waals surface area contributed by atoms with Crippen molar-refractivity contribution >= 4 is 40.8 Å². The molecule has 0 saturated carbocycles. The second-order valence-corrected chi connectivity index (χ2v) is 7.61. The van der Waals surface area contributed by atoms with Crippen LogP contribution in [0.3, 0.4) is 0 Å². The number of carbonyl (C=O) groups excluding carboxylic acids is 2. The largest absolute Gasteiger partial charge is 0.465 e. The first-order valence-corrected chi connectivity index (χ1v) is 10.3. The number of ketones is 1. The van der Waals surface area contributed by atoms with Gasteiger partial charge in [-0.3, -0.25) is 19.9 Å². The second kappa shape index (κ2) is 10.1. The molecular formula is C24H22ClN3O4. The number of aryl methyl sites for hydroxylation is 2. The summed E-state index contributed by atoms with van der Waals surface area (Å²) in [6, 6.07) is 13.8. The van der Waals surface area contributed by atoms with Gasteiger partial charge < -0.3 is 10.4 Å². The molecule has 0 aliphatic heterocycles. The van der Waals surface area contributed by atoms with Gasteiger partial charge in [-0.15, -0.1) is 0 Å². The Labute approximate surface area is 190 Å². The standard InChI is InChI=1S/C24H22ClN3O4/c1-3-18-8-7-17(13-26-18)15-5-4-6-16(10-15)22(29)12-23(30)27-21-11-19(25)14(2)9-20(21)28-24(31)32/h4-11,13,28H,3,12H2,1-2H3,(H,27,30)(H,31,32). The first kappa shape index (κ1) is 23.0. The van der Waals surface area contributed by atoms with Crippen molar-refractivity contribution in [3.05, 3.63) is 76.6 Å². The number of aromatic nitrogens is 1. The summed E-state index contributed by atoms with van der Waals surface area (Å²) in [5.41, 5.74) is 4.06. The highest BCUT2D eigenvalue weighted by Crippen LogP contribution is 2.29. The Balaban J connectivity index is 1.74. The molecule has 1 aromatic heterocycles. The molecule has 0 fully saturated rings. The van der Waals surface area contributed by atoms with Crippen LogP contribution in [-0.2, 0) is 11.2 Å². The normalized spacial score (nSPS) is 10.5. The number of rotatable bonds is 7. The molecule has 3 rings (SSSR count). The number of carbonyl (C=O) groups is 3. The highest BCUT2D eigenvalue weighted by molar-refractivity contribution is 6.32. The van der Waals surface area contributed by atoms with Gasteiger partial charge in [0.05, 0.1) is 17.8 Å². The minimum Gasteiger partial charge on any atom is -0.465 e. The van der Waals surface area contributed by atoms with Gasteiger partial charge in [0.1, 0.15) is 0 Å². The summed E-state index contributed by atoms with van der Waals surface area (Å²) in [4.78, 5) is 40.6. The van der Waals surface area contributed by atoms with Gasteiger partial charge in [-0.25, -0.2) is 4.79 Å². The summed E-state index contributed by atoms with van der Waals surface area (Å²) in [6.45, 7) is 3.74. The Morgan fingerprint density at radius 2 is 1.75 bits per heavy atom. The van der Waals surface area contributed by atoms with Crippen LogP contribution >= 0.6 is 11.6 Å². The van der Waals surface area contributed by atoms with E-state index in [9.17, 15) is 14.4 Å². The molecule has 7 nitrogen and oxygen atoms in total. The van der Waals surface area contributed by atoms with Gasteiger partial charge in [0.2, 0.25) is 5.91 Å². The maximum Gasteiger partial charge on any atom is 0.409 e. The molecule has 2 aromatic carbocycles. The monoisotopic (exact) mass is 451 g/mol. The van der Waals surface area contributed by atoms with Crippen molar-refractivity contribution in [2.75, 3.05) is 10.6 Å². The molecule has 2 amide bonds. The second-order valence-electron chi connectivity index (χ2n) is 7.20. The van der Waals surface area contributed by atoms with Gasteiger partial charge in [0.15, 0.2) is 5.78 Å². The molecule has 0 atom stereocenters. The van der Waals surface area contributed by atoms with Crippen LogP contribution < -0.4 is 10.6 Å².